The monoisotopic (exact) mass is 418 g/mol. The van der Waals surface area contributed by atoms with Crippen molar-refractivity contribution in [3.63, 3.8) is 0 Å². The molecule has 0 spiro atoms. The highest BCUT2D eigenvalue weighted by atomic mass is 32.1. The average Bonchev–Trinajstić information content (AvgIpc) is 3.05. The lowest BCUT2D eigenvalue weighted by atomic mass is 10.2. The molecule has 1 N–H and O–H groups in total. The Labute approximate surface area is 169 Å². The van der Waals surface area contributed by atoms with Crippen LogP contribution in [0.15, 0.2) is 24.5 Å². The fourth-order valence-electron chi connectivity index (χ4n) is 2.68. The number of fused-ring (bicyclic) bond motifs is 1. The summed E-state index contributed by atoms with van der Waals surface area (Å²) in [6, 6.07) is 4.20. The molecule has 2 heterocycles. The van der Waals surface area contributed by atoms with Gasteiger partial charge in [-0.2, -0.15) is 0 Å². The molecule has 0 saturated heterocycles. The Kier molecular flexibility index (Phi) is 6.20. The van der Waals surface area contributed by atoms with Gasteiger partial charge in [0.25, 0.3) is 5.69 Å². The number of nitro groups is 1. The summed E-state index contributed by atoms with van der Waals surface area (Å²) in [5.74, 6) is 0.342. The van der Waals surface area contributed by atoms with Crippen molar-refractivity contribution in [2.75, 3.05) is 32.8 Å². The second-order valence-electron chi connectivity index (χ2n) is 5.85. The normalized spacial score (nSPS) is 10.7. The first kappa shape index (κ1) is 20.4. The van der Waals surface area contributed by atoms with Gasteiger partial charge in [0.15, 0.2) is 0 Å². The summed E-state index contributed by atoms with van der Waals surface area (Å²) in [6.07, 6.45) is 1.35. The Morgan fingerprint density at radius 2 is 2.07 bits per heavy atom. The minimum Gasteiger partial charge on any atom is -0.495 e. The van der Waals surface area contributed by atoms with Gasteiger partial charge in [-0.05, 0) is 18.6 Å². The number of non-ortho nitro benzene ring substituents is 1. The van der Waals surface area contributed by atoms with Crippen LogP contribution < -0.4 is 10.1 Å². The van der Waals surface area contributed by atoms with Crippen molar-refractivity contribution in [1.29, 1.82) is 0 Å². The Hall–Kier alpha value is -3.31. The third kappa shape index (κ3) is 4.25. The van der Waals surface area contributed by atoms with Gasteiger partial charge in [-0.3, -0.25) is 10.1 Å². The summed E-state index contributed by atoms with van der Waals surface area (Å²) < 4.78 is 15.4. The number of rotatable bonds is 8. The van der Waals surface area contributed by atoms with Crippen LogP contribution in [0.1, 0.15) is 15.2 Å². The van der Waals surface area contributed by atoms with E-state index < -0.39 is 10.9 Å². The summed E-state index contributed by atoms with van der Waals surface area (Å²) in [7, 11) is 2.99. The molecule has 0 unspecified atom stereocenters. The van der Waals surface area contributed by atoms with Crippen molar-refractivity contribution in [2.45, 2.75) is 6.92 Å². The van der Waals surface area contributed by atoms with Gasteiger partial charge in [0.05, 0.1) is 29.7 Å². The highest BCUT2D eigenvalue weighted by molar-refractivity contribution is 7.20. The summed E-state index contributed by atoms with van der Waals surface area (Å²) in [6.45, 7) is 2.21. The van der Waals surface area contributed by atoms with E-state index in [0.717, 1.165) is 0 Å². The van der Waals surface area contributed by atoms with Crippen LogP contribution in [0.25, 0.3) is 10.2 Å². The van der Waals surface area contributed by atoms with Gasteiger partial charge in [-0.15, -0.1) is 11.3 Å². The molecule has 2 aromatic heterocycles. The topological polar surface area (TPSA) is 126 Å². The molecule has 11 heteroatoms. The zero-order valence-electron chi connectivity index (χ0n) is 15.9. The lowest BCUT2D eigenvalue weighted by Crippen LogP contribution is -2.09. The molecule has 0 saturated carbocycles. The predicted octanol–water partition coefficient (Wildman–Crippen LogP) is 3.46. The molecule has 3 aromatic rings. The van der Waals surface area contributed by atoms with Crippen LogP contribution in [0.5, 0.6) is 5.75 Å². The molecular formula is C18H18N4O6S. The van der Waals surface area contributed by atoms with Crippen LogP contribution >= 0.6 is 11.3 Å². The van der Waals surface area contributed by atoms with Crippen LogP contribution in [0, 0.1) is 17.0 Å². The van der Waals surface area contributed by atoms with Gasteiger partial charge < -0.3 is 19.5 Å². The number of aromatic nitrogens is 2. The second kappa shape index (κ2) is 8.80. The molecule has 0 bridgehead atoms. The van der Waals surface area contributed by atoms with Gasteiger partial charge in [0.2, 0.25) is 0 Å². The van der Waals surface area contributed by atoms with E-state index in [0.29, 0.717) is 44.5 Å². The summed E-state index contributed by atoms with van der Waals surface area (Å²) in [5, 5.41) is 14.8. The fraction of sp³-hybridized carbons (Fsp3) is 0.278. The van der Waals surface area contributed by atoms with Crippen molar-refractivity contribution < 1.29 is 23.9 Å². The van der Waals surface area contributed by atoms with E-state index in [2.05, 4.69) is 15.3 Å². The number of nitrogens with zero attached hydrogens (tertiary/aromatic N) is 3. The molecule has 0 fully saturated rings. The number of carbonyl (C=O) groups excluding carboxylic acids is 1. The van der Waals surface area contributed by atoms with Crippen LogP contribution in [-0.4, -0.2) is 48.3 Å². The summed E-state index contributed by atoms with van der Waals surface area (Å²) >= 11 is 1.19. The zero-order chi connectivity index (χ0) is 21.0. The Bertz CT molecular complexity index is 1070. The standard InChI is InChI=1S/C18H18N4O6S/c1-10-14-16(21-12-8-11(22(24)25)4-5-13(12)27-3)19-9-20-17(14)29-15(10)18(23)28-7-6-26-2/h4-5,8-9H,6-7H2,1-3H3,(H,19,20,21). The Balaban J connectivity index is 2.00. The quantitative estimate of drug-likeness (QED) is 0.253. The maximum Gasteiger partial charge on any atom is 0.348 e. The van der Waals surface area contributed by atoms with E-state index in [1.54, 1.807) is 6.92 Å². The number of methoxy groups -OCH3 is 2. The van der Waals surface area contributed by atoms with E-state index >= 15 is 0 Å². The minimum atomic E-state index is -0.496. The molecule has 0 atom stereocenters. The number of carbonyl (C=O) groups is 1. The first-order valence-electron chi connectivity index (χ1n) is 8.45. The number of hydrogen-bond acceptors (Lipinski definition) is 10. The maximum atomic E-state index is 12.4. The fourth-order valence-corrected chi connectivity index (χ4v) is 3.72. The number of esters is 1. The van der Waals surface area contributed by atoms with Gasteiger partial charge in [0, 0.05) is 19.2 Å². The van der Waals surface area contributed by atoms with E-state index in [9.17, 15) is 14.9 Å². The van der Waals surface area contributed by atoms with Crippen LogP contribution in [0.4, 0.5) is 17.2 Å². The smallest absolute Gasteiger partial charge is 0.348 e. The van der Waals surface area contributed by atoms with Crippen LogP contribution in [0.2, 0.25) is 0 Å². The first-order chi connectivity index (χ1) is 14.0. The lowest BCUT2D eigenvalue weighted by molar-refractivity contribution is -0.384. The van der Waals surface area contributed by atoms with Gasteiger partial charge in [-0.1, -0.05) is 0 Å². The van der Waals surface area contributed by atoms with Gasteiger partial charge >= 0.3 is 5.97 Å². The largest absolute Gasteiger partial charge is 0.495 e. The lowest BCUT2D eigenvalue weighted by Gasteiger charge is -2.11. The van der Waals surface area contributed by atoms with Crippen molar-refractivity contribution in [3.05, 3.63) is 45.1 Å². The van der Waals surface area contributed by atoms with Gasteiger partial charge in [-0.25, -0.2) is 14.8 Å². The molecule has 10 nitrogen and oxygen atoms in total. The third-order valence-corrected chi connectivity index (χ3v) is 5.26. The zero-order valence-corrected chi connectivity index (χ0v) is 16.7. The Morgan fingerprint density at radius 3 is 2.76 bits per heavy atom. The molecule has 1 aromatic carbocycles. The highest BCUT2D eigenvalue weighted by Gasteiger charge is 2.21. The number of anilines is 2. The molecule has 0 amide bonds. The van der Waals surface area contributed by atoms with Crippen LogP contribution in [-0.2, 0) is 9.47 Å². The van der Waals surface area contributed by atoms with E-state index in [1.165, 1.54) is 50.1 Å². The molecule has 0 radical (unpaired) electrons. The predicted molar refractivity (Wildman–Crippen MR) is 107 cm³/mol. The number of thiophene rings is 1. The molecule has 3 rings (SSSR count). The third-order valence-electron chi connectivity index (χ3n) is 4.08. The van der Waals surface area contributed by atoms with Crippen LogP contribution in [0.3, 0.4) is 0 Å². The molecule has 152 valence electrons. The number of aryl methyl sites for hydroxylation is 1. The first-order valence-corrected chi connectivity index (χ1v) is 9.27. The number of ether oxygens (including phenoxy) is 3. The van der Waals surface area contributed by atoms with Crippen molar-refractivity contribution in [1.82, 2.24) is 9.97 Å². The number of nitro benzene ring substituents is 1. The number of benzene rings is 1. The average molecular weight is 418 g/mol. The Morgan fingerprint density at radius 1 is 1.28 bits per heavy atom. The van der Waals surface area contributed by atoms with E-state index in [4.69, 9.17) is 14.2 Å². The van der Waals surface area contributed by atoms with Crippen molar-refractivity contribution >= 4 is 44.7 Å². The molecular weight excluding hydrogens is 400 g/mol. The van der Waals surface area contributed by atoms with Crippen molar-refractivity contribution in [2.24, 2.45) is 0 Å². The molecule has 0 aliphatic carbocycles. The minimum absolute atomic E-state index is 0.0944. The highest BCUT2D eigenvalue weighted by Crippen LogP contribution is 2.37. The second-order valence-corrected chi connectivity index (χ2v) is 6.85. The number of hydrogen-bond donors (Lipinski definition) is 1. The summed E-state index contributed by atoms with van der Waals surface area (Å²) in [4.78, 5) is 32.5. The molecule has 29 heavy (non-hydrogen) atoms. The molecule has 0 aliphatic rings. The van der Waals surface area contributed by atoms with E-state index in [-0.39, 0.29) is 12.3 Å². The maximum absolute atomic E-state index is 12.4. The van der Waals surface area contributed by atoms with E-state index in [1.807, 2.05) is 0 Å². The van der Waals surface area contributed by atoms with Crippen molar-refractivity contribution in [3.8, 4) is 5.75 Å². The SMILES string of the molecule is COCCOC(=O)c1sc2ncnc(Nc3cc([N+](=O)[O-])ccc3OC)c2c1C. The summed E-state index contributed by atoms with van der Waals surface area (Å²) in [5.41, 5.74) is 0.930. The number of nitrogens with one attached hydrogen (secondary N) is 1. The molecule has 0 aliphatic heterocycles. The van der Waals surface area contributed by atoms with Gasteiger partial charge in [0.1, 0.15) is 34.2 Å².